The molecular weight excluding hydrogens is 356 g/mol. The zero-order valence-corrected chi connectivity index (χ0v) is 15.8. The van der Waals surface area contributed by atoms with E-state index < -0.39 is 16.0 Å². The number of carbonyl (C=O) groups excluding carboxylic acids is 1. The highest BCUT2D eigenvalue weighted by Gasteiger charge is 2.26. The Bertz CT molecular complexity index is 911. The van der Waals surface area contributed by atoms with Crippen molar-refractivity contribution < 1.29 is 22.4 Å². The summed E-state index contributed by atoms with van der Waals surface area (Å²) in [6, 6.07) is 4.64. The second-order valence-corrected chi connectivity index (χ2v) is 8.38. The number of nitrogens with one attached hydrogen (secondary N) is 1. The van der Waals surface area contributed by atoms with Crippen LogP contribution < -0.4 is 10.5 Å². The van der Waals surface area contributed by atoms with Crippen molar-refractivity contribution in [2.45, 2.75) is 56.5 Å². The topological polar surface area (TPSA) is 112 Å². The molecule has 1 saturated carbocycles. The van der Waals surface area contributed by atoms with Gasteiger partial charge in [0.25, 0.3) is 0 Å². The van der Waals surface area contributed by atoms with E-state index in [2.05, 4.69) is 4.72 Å². The molecule has 3 N–H and O–H groups in total. The van der Waals surface area contributed by atoms with Crippen LogP contribution >= 0.6 is 0 Å². The third-order valence-electron chi connectivity index (χ3n) is 4.77. The quantitative estimate of drug-likeness (QED) is 0.771. The summed E-state index contributed by atoms with van der Waals surface area (Å²) in [5.74, 6) is -0.451. The largest absolute Gasteiger partial charge is 0.460 e. The van der Waals surface area contributed by atoms with Crippen LogP contribution in [-0.4, -0.2) is 33.1 Å². The fraction of sp³-hybridized carbons (Fsp3) is 0.500. The van der Waals surface area contributed by atoms with Crippen LogP contribution in [0.2, 0.25) is 0 Å². The van der Waals surface area contributed by atoms with E-state index in [-0.39, 0.29) is 29.3 Å². The van der Waals surface area contributed by atoms with Crippen LogP contribution in [0.15, 0.2) is 27.5 Å². The number of nitrogens with two attached hydrogens (primary N) is 1. The Morgan fingerprint density at radius 1 is 1.31 bits per heavy atom. The van der Waals surface area contributed by atoms with E-state index in [1.165, 1.54) is 12.1 Å². The Balaban J connectivity index is 1.88. The summed E-state index contributed by atoms with van der Waals surface area (Å²) >= 11 is 0. The minimum atomic E-state index is -3.66. The molecule has 2 aromatic rings. The van der Waals surface area contributed by atoms with Crippen LogP contribution in [0.3, 0.4) is 0 Å². The third-order valence-corrected chi connectivity index (χ3v) is 6.29. The summed E-state index contributed by atoms with van der Waals surface area (Å²) < 4.78 is 38.7. The zero-order chi connectivity index (χ0) is 18.9. The van der Waals surface area contributed by atoms with E-state index in [9.17, 15) is 13.2 Å². The Hall–Kier alpha value is -1.90. The summed E-state index contributed by atoms with van der Waals surface area (Å²) in [5.41, 5.74) is 6.89. The molecule has 0 atom stereocenters. The van der Waals surface area contributed by atoms with E-state index in [1.54, 1.807) is 19.9 Å². The SMILES string of the molecule is CCOC(=O)c1oc2ccc(S(=O)(=O)NC3CCC(N)CC3)cc2c1C. The standard InChI is InChI=1S/C18H24N2O5S/c1-3-24-18(21)17-11(2)15-10-14(8-9-16(15)25-17)26(22,23)20-13-6-4-12(19)5-7-13/h8-10,12-13,20H,3-7,19H2,1-2H3. The monoisotopic (exact) mass is 380 g/mol. The average molecular weight is 380 g/mol. The van der Waals surface area contributed by atoms with Crippen LogP contribution in [0, 0.1) is 6.92 Å². The van der Waals surface area contributed by atoms with Gasteiger partial charge in [0.2, 0.25) is 15.8 Å². The molecule has 1 fully saturated rings. The predicted molar refractivity (Wildman–Crippen MR) is 97.5 cm³/mol. The first kappa shape index (κ1) is 18.9. The maximum Gasteiger partial charge on any atom is 0.374 e. The summed E-state index contributed by atoms with van der Waals surface area (Å²) in [5, 5.41) is 0.585. The second-order valence-electron chi connectivity index (χ2n) is 6.67. The Morgan fingerprint density at radius 3 is 2.65 bits per heavy atom. The lowest BCUT2D eigenvalue weighted by molar-refractivity contribution is 0.0491. The molecule has 142 valence electrons. The van der Waals surface area contributed by atoms with Gasteiger partial charge in [0.1, 0.15) is 5.58 Å². The smallest absolute Gasteiger partial charge is 0.374 e. The molecule has 1 aliphatic rings. The number of sulfonamides is 1. The van der Waals surface area contributed by atoms with Crippen molar-refractivity contribution in [3.63, 3.8) is 0 Å². The molecule has 1 aromatic carbocycles. The predicted octanol–water partition coefficient (Wildman–Crippen LogP) is 2.47. The van der Waals surface area contributed by atoms with Crippen LogP contribution in [0.5, 0.6) is 0 Å². The average Bonchev–Trinajstić information content (AvgIpc) is 2.93. The Morgan fingerprint density at radius 2 is 2.00 bits per heavy atom. The highest BCUT2D eigenvalue weighted by atomic mass is 32.2. The molecule has 3 rings (SSSR count). The van der Waals surface area contributed by atoms with Gasteiger partial charge < -0.3 is 14.9 Å². The summed E-state index contributed by atoms with van der Waals surface area (Å²) in [6.07, 6.45) is 3.10. The number of aryl methyl sites for hydroxylation is 1. The fourth-order valence-electron chi connectivity index (χ4n) is 3.28. The van der Waals surface area contributed by atoms with E-state index in [4.69, 9.17) is 14.9 Å². The second kappa shape index (κ2) is 7.38. The summed E-state index contributed by atoms with van der Waals surface area (Å²) in [4.78, 5) is 12.1. The molecule has 0 amide bonds. The molecule has 0 radical (unpaired) electrons. The number of benzene rings is 1. The van der Waals surface area contributed by atoms with E-state index in [1.807, 2.05) is 0 Å². The molecule has 7 nitrogen and oxygen atoms in total. The lowest BCUT2D eigenvalue weighted by Gasteiger charge is -2.26. The van der Waals surface area contributed by atoms with Crippen molar-refractivity contribution in [3.05, 3.63) is 29.5 Å². The molecule has 8 heteroatoms. The number of esters is 1. The molecule has 0 aliphatic heterocycles. The number of rotatable bonds is 5. The minimum Gasteiger partial charge on any atom is -0.460 e. The molecule has 1 aliphatic carbocycles. The molecular formula is C18H24N2O5S. The van der Waals surface area contributed by atoms with E-state index in [0.29, 0.717) is 16.5 Å². The Labute approximate surface area is 152 Å². The molecule has 0 saturated heterocycles. The maximum absolute atomic E-state index is 12.7. The normalized spacial score (nSPS) is 21.0. The summed E-state index contributed by atoms with van der Waals surface area (Å²) in [7, 11) is -3.66. The van der Waals surface area contributed by atoms with Crippen molar-refractivity contribution in [1.82, 2.24) is 4.72 Å². The number of furan rings is 1. The van der Waals surface area contributed by atoms with Crippen molar-refractivity contribution in [2.24, 2.45) is 5.73 Å². The molecule has 1 heterocycles. The van der Waals surface area contributed by atoms with Gasteiger partial charge in [-0.1, -0.05) is 0 Å². The van der Waals surface area contributed by atoms with Crippen LogP contribution in [0.25, 0.3) is 11.0 Å². The zero-order valence-electron chi connectivity index (χ0n) is 14.9. The van der Waals surface area contributed by atoms with E-state index >= 15 is 0 Å². The third kappa shape index (κ3) is 3.77. The van der Waals surface area contributed by atoms with Gasteiger partial charge >= 0.3 is 5.97 Å². The highest BCUT2D eigenvalue weighted by molar-refractivity contribution is 7.89. The van der Waals surface area contributed by atoms with Gasteiger partial charge in [-0.15, -0.1) is 0 Å². The van der Waals surface area contributed by atoms with Crippen molar-refractivity contribution in [1.29, 1.82) is 0 Å². The highest BCUT2D eigenvalue weighted by Crippen LogP contribution is 2.29. The van der Waals surface area contributed by atoms with Crippen LogP contribution in [-0.2, 0) is 14.8 Å². The molecule has 0 bridgehead atoms. The molecule has 0 spiro atoms. The van der Waals surface area contributed by atoms with Gasteiger partial charge in [-0.25, -0.2) is 17.9 Å². The van der Waals surface area contributed by atoms with Crippen LogP contribution in [0.4, 0.5) is 0 Å². The van der Waals surface area contributed by atoms with Gasteiger partial charge in [0, 0.05) is 23.0 Å². The fourth-order valence-corrected chi connectivity index (χ4v) is 4.61. The number of fused-ring (bicyclic) bond motifs is 1. The van der Waals surface area contributed by atoms with Gasteiger partial charge in [-0.05, 0) is 57.7 Å². The minimum absolute atomic E-state index is 0.101. The lowest BCUT2D eigenvalue weighted by Crippen LogP contribution is -2.40. The first-order valence-electron chi connectivity index (χ1n) is 8.80. The molecule has 26 heavy (non-hydrogen) atoms. The van der Waals surface area contributed by atoms with E-state index in [0.717, 1.165) is 25.7 Å². The van der Waals surface area contributed by atoms with Crippen molar-refractivity contribution >= 4 is 27.0 Å². The number of carbonyl (C=O) groups is 1. The van der Waals surface area contributed by atoms with Crippen molar-refractivity contribution in [2.75, 3.05) is 6.61 Å². The first-order chi connectivity index (χ1) is 12.3. The number of hydrogen-bond acceptors (Lipinski definition) is 6. The van der Waals surface area contributed by atoms with Gasteiger partial charge in [-0.3, -0.25) is 0 Å². The Kier molecular flexibility index (Phi) is 5.36. The molecule has 1 aromatic heterocycles. The van der Waals surface area contributed by atoms with Crippen molar-refractivity contribution in [3.8, 4) is 0 Å². The van der Waals surface area contributed by atoms with Gasteiger partial charge in [0.05, 0.1) is 11.5 Å². The lowest BCUT2D eigenvalue weighted by atomic mass is 9.93. The molecule has 0 unspecified atom stereocenters. The first-order valence-corrected chi connectivity index (χ1v) is 10.3. The van der Waals surface area contributed by atoms with Crippen LogP contribution in [0.1, 0.15) is 48.7 Å². The maximum atomic E-state index is 12.7. The van der Waals surface area contributed by atoms with Gasteiger partial charge in [-0.2, -0.15) is 0 Å². The van der Waals surface area contributed by atoms with Gasteiger partial charge in [0.15, 0.2) is 0 Å². The number of hydrogen-bond donors (Lipinski definition) is 2. The number of ether oxygens (including phenoxy) is 1. The summed E-state index contributed by atoms with van der Waals surface area (Å²) in [6.45, 7) is 3.67.